The number of para-hydroxylation sites is 1. The first-order valence-corrected chi connectivity index (χ1v) is 7.02. The molecule has 0 aliphatic heterocycles. The van der Waals surface area contributed by atoms with Gasteiger partial charge in [-0.25, -0.2) is 0 Å². The maximum absolute atomic E-state index is 6.10. The predicted octanol–water partition coefficient (Wildman–Crippen LogP) is 4.99. The highest BCUT2D eigenvalue weighted by molar-refractivity contribution is 5.96. The fourth-order valence-corrected chi connectivity index (χ4v) is 2.75. The number of fused-ring (bicyclic) bond motifs is 1. The third kappa shape index (κ3) is 1.80. The van der Waals surface area contributed by atoms with Gasteiger partial charge in [0.15, 0.2) is 0 Å². The monoisotopic (exact) mass is 264 g/mol. The zero-order valence-electron chi connectivity index (χ0n) is 11.4. The molecule has 1 aromatic heterocycles. The summed E-state index contributed by atoms with van der Waals surface area (Å²) in [4.78, 5) is 0. The molecule has 0 saturated heterocycles. The van der Waals surface area contributed by atoms with E-state index in [2.05, 4.69) is 24.3 Å². The van der Waals surface area contributed by atoms with Gasteiger partial charge in [-0.05, 0) is 36.6 Å². The third-order valence-electron chi connectivity index (χ3n) is 3.95. The Morgan fingerprint density at radius 2 is 1.75 bits per heavy atom. The van der Waals surface area contributed by atoms with Gasteiger partial charge in [-0.1, -0.05) is 30.3 Å². The molecule has 0 unspecified atom stereocenters. The Hall–Kier alpha value is -2.22. The summed E-state index contributed by atoms with van der Waals surface area (Å²) in [5, 5.41) is 1.21. The number of benzene rings is 2. The molecule has 2 heteroatoms. The molecule has 0 radical (unpaired) electrons. The molecule has 1 saturated carbocycles. The average molecular weight is 264 g/mol. The predicted molar refractivity (Wildman–Crippen MR) is 80.2 cm³/mol. The zero-order valence-corrected chi connectivity index (χ0v) is 11.4. The normalized spacial score (nSPS) is 14.7. The smallest absolute Gasteiger partial charge is 0.134 e. The van der Waals surface area contributed by atoms with E-state index >= 15 is 0 Å². The van der Waals surface area contributed by atoms with Gasteiger partial charge in [0.05, 0.1) is 7.11 Å². The lowest BCUT2D eigenvalue weighted by Crippen LogP contribution is -1.85. The lowest BCUT2D eigenvalue weighted by atomic mass is 10.00. The van der Waals surface area contributed by atoms with Gasteiger partial charge in [-0.3, -0.25) is 0 Å². The fourth-order valence-electron chi connectivity index (χ4n) is 2.75. The van der Waals surface area contributed by atoms with Crippen LogP contribution < -0.4 is 4.74 Å². The average Bonchev–Trinajstić information content (AvgIpc) is 3.28. The van der Waals surface area contributed by atoms with Crippen LogP contribution in [0.3, 0.4) is 0 Å². The maximum atomic E-state index is 6.10. The first-order chi connectivity index (χ1) is 9.86. The van der Waals surface area contributed by atoms with Crippen molar-refractivity contribution < 1.29 is 9.15 Å². The minimum atomic E-state index is 0.597. The number of ether oxygens (including phenoxy) is 1. The summed E-state index contributed by atoms with van der Waals surface area (Å²) in [6, 6.07) is 16.5. The van der Waals surface area contributed by atoms with Gasteiger partial charge in [-0.15, -0.1) is 0 Å². The molecular weight excluding hydrogens is 248 g/mol. The topological polar surface area (TPSA) is 22.4 Å². The number of furan rings is 1. The molecule has 0 atom stereocenters. The van der Waals surface area contributed by atoms with E-state index in [0.717, 1.165) is 17.1 Å². The van der Waals surface area contributed by atoms with Crippen LogP contribution in [0.5, 0.6) is 5.75 Å². The Labute approximate surface area is 118 Å². The SMILES string of the molecule is COc1ccc(-c2c(C3CC3)oc3ccccc23)cc1. The van der Waals surface area contributed by atoms with E-state index in [1.54, 1.807) is 7.11 Å². The van der Waals surface area contributed by atoms with Crippen molar-refractivity contribution in [3.8, 4) is 16.9 Å². The van der Waals surface area contributed by atoms with Crippen molar-refractivity contribution in [3.05, 3.63) is 54.3 Å². The van der Waals surface area contributed by atoms with Crippen molar-refractivity contribution in [1.29, 1.82) is 0 Å². The lowest BCUT2D eigenvalue weighted by molar-refractivity contribution is 0.415. The van der Waals surface area contributed by atoms with Crippen LogP contribution >= 0.6 is 0 Å². The van der Waals surface area contributed by atoms with Crippen LogP contribution in [0.1, 0.15) is 24.5 Å². The van der Waals surface area contributed by atoms with Crippen LogP contribution in [0, 0.1) is 0 Å². The van der Waals surface area contributed by atoms with Gasteiger partial charge in [-0.2, -0.15) is 0 Å². The lowest BCUT2D eigenvalue weighted by Gasteiger charge is -2.04. The molecule has 20 heavy (non-hydrogen) atoms. The second-order valence-corrected chi connectivity index (χ2v) is 5.34. The summed E-state index contributed by atoms with van der Waals surface area (Å²) in [7, 11) is 1.69. The summed E-state index contributed by atoms with van der Waals surface area (Å²) < 4.78 is 11.3. The Balaban J connectivity index is 1.93. The molecule has 4 rings (SSSR count). The molecule has 0 N–H and O–H groups in total. The highest BCUT2D eigenvalue weighted by Gasteiger charge is 2.31. The third-order valence-corrected chi connectivity index (χ3v) is 3.95. The van der Waals surface area contributed by atoms with E-state index < -0.39 is 0 Å². The minimum Gasteiger partial charge on any atom is -0.497 e. The van der Waals surface area contributed by atoms with Crippen LogP contribution in [0.2, 0.25) is 0 Å². The molecule has 1 fully saturated rings. The molecule has 100 valence electrons. The molecule has 2 aromatic carbocycles. The molecule has 2 nitrogen and oxygen atoms in total. The Bertz CT molecular complexity index is 749. The number of rotatable bonds is 3. The number of hydrogen-bond acceptors (Lipinski definition) is 2. The van der Waals surface area contributed by atoms with Crippen molar-refractivity contribution >= 4 is 11.0 Å². The second kappa shape index (κ2) is 4.41. The van der Waals surface area contributed by atoms with Gasteiger partial charge in [0, 0.05) is 16.9 Å². The Morgan fingerprint density at radius 1 is 1.00 bits per heavy atom. The first kappa shape index (κ1) is 11.6. The van der Waals surface area contributed by atoms with Crippen LogP contribution in [-0.4, -0.2) is 7.11 Å². The molecule has 0 bridgehead atoms. The molecular formula is C18H16O2. The van der Waals surface area contributed by atoms with Crippen molar-refractivity contribution in [2.75, 3.05) is 7.11 Å². The largest absolute Gasteiger partial charge is 0.497 e. The van der Waals surface area contributed by atoms with Gasteiger partial charge < -0.3 is 9.15 Å². The summed E-state index contributed by atoms with van der Waals surface area (Å²) in [5.74, 6) is 2.63. The van der Waals surface area contributed by atoms with Crippen LogP contribution in [0.15, 0.2) is 52.9 Å². The van der Waals surface area contributed by atoms with Crippen LogP contribution in [-0.2, 0) is 0 Å². The molecule has 1 aliphatic rings. The quantitative estimate of drug-likeness (QED) is 0.665. The zero-order chi connectivity index (χ0) is 13.5. The molecule has 1 heterocycles. The highest BCUT2D eigenvalue weighted by Crippen LogP contribution is 2.48. The van der Waals surface area contributed by atoms with Crippen molar-refractivity contribution in [2.24, 2.45) is 0 Å². The van der Waals surface area contributed by atoms with E-state index in [0.29, 0.717) is 5.92 Å². The van der Waals surface area contributed by atoms with E-state index in [-0.39, 0.29) is 0 Å². The molecule has 0 spiro atoms. The van der Waals surface area contributed by atoms with E-state index in [9.17, 15) is 0 Å². The Morgan fingerprint density at radius 3 is 2.45 bits per heavy atom. The van der Waals surface area contributed by atoms with Gasteiger partial charge in [0.2, 0.25) is 0 Å². The number of hydrogen-bond donors (Lipinski definition) is 0. The van der Waals surface area contributed by atoms with Crippen LogP contribution in [0.25, 0.3) is 22.1 Å². The summed E-state index contributed by atoms with van der Waals surface area (Å²) in [6.07, 6.45) is 2.48. The molecule has 3 aromatic rings. The number of methoxy groups -OCH3 is 1. The van der Waals surface area contributed by atoms with E-state index in [1.165, 1.54) is 29.4 Å². The molecule has 1 aliphatic carbocycles. The standard InChI is InChI=1S/C18H16O2/c1-19-14-10-8-12(9-11-14)17-15-4-2-3-5-16(15)20-18(17)13-6-7-13/h2-5,8-11,13H,6-7H2,1H3. The minimum absolute atomic E-state index is 0.597. The Kier molecular flexibility index (Phi) is 2.56. The van der Waals surface area contributed by atoms with E-state index in [4.69, 9.17) is 9.15 Å². The fraction of sp³-hybridized carbons (Fsp3) is 0.222. The highest BCUT2D eigenvalue weighted by atomic mass is 16.5. The molecule has 0 amide bonds. The van der Waals surface area contributed by atoms with Crippen molar-refractivity contribution in [1.82, 2.24) is 0 Å². The van der Waals surface area contributed by atoms with Gasteiger partial charge in [0.1, 0.15) is 17.1 Å². The summed E-state index contributed by atoms with van der Waals surface area (Å²) in [6.45, 7) is 0. The second-order valence-electron chi connectivity index (χ2n) is 5.34. The van der Waals surface area contributed by atoms with Crippen molar-refractivity contribution in [2.45, 2.75) is 18.8 Å². The summed E-state index contributed by atoms with van der Waals surface area (Å²) in [5.41, 5.74) is 3.45. The first-order valence-electron chi connectivity index (χ1n) is 7.02. The van der Waals surface area contributed by atoms with E-state index in [1.807, 2.05) is 24.3 Å². The van der Waals surface area contributed by atoms with Crippen molar-refractivity contribution in [3.63, 3.8) is 0 Å². The van der Waals surface area contributed by atoms with Crippen LogP contribution in [0.4, 0.5) is 0 Å². The van der Waals surface area contributed by atoms with Gasteiger partial charge in [0.25, 0.3) is 0 Å². The summed E-state index contributed by atoms with van der Waals surface area (Å²) >= 11 is 0. The van der Waals surface area contributed by atoms with Gasteiger partial charge >= 0.3 is 0 Å². The maximum Gasteiger partial charge on any atom is 0.134 e.